The lowest BCUT2D eigenvalue weighted by Gasteiger charge is -2.44. The van der Waals surface area contributed by atoms with Gasteiger partial charge in [-0.1, -0.05) is 31.5 Å². The molecule has 1 unspecified atom stereocenters. The molecule has 2 aliphatic rings. The van der Waals surface area contributed by atoms with Crippen molar-refractivity contribution in [2.45, 2.75) is 51.6 Å². The summed E-state index contributed by atoms with van der Waals surface area (Å²) in [5.41, 5.74) is 1.75. The average molecular weight is 373 g/mol. The van der Waals surface area contributed by atoms with Crippen LogP contribution in [-0.4, -0.2) is 65.2 Å². The van der Waals surface area contributed by atoms with E-state index in [1.165, 1.54) is 4.90 Å². The fraction of sp³-hybridized carbons (Fsp3) is 0.619. The second kappa shape index (κ2) is 8.74. The summed E-state index contributed by atoms with van der Waals surface area (Å²) in [7, 11) is 0. The molecule has 1 aromatic carbocycles. The lowest BCUT2D eigenvalue weighted by atomic mass is 9.87. The molecule has 148 valence electrons. The molecule has 2 saturated heterocycles. The predicted molar refractivity (Wildman–Crippen MR) is 105 cm³/mol. The number of nitrogens with one attached hydrogen (secondary N) is 1. The number of carbonyl (C=O) groups excluding carboxylic acids is 1. The van der Waals surface area contributed by atoms with Crippen LogP contribution in [0, 0.1) is 12.8 Å². The molecule has 27 heavy (non-hydrogen) atoms. The van der Waals surface area contributed by atoms with Gasteiger partial charge in [0.2, 0.25) is 0 Å². The van der Waals surface area contributed by atoms with Crippen LogP contribution < -0.4 is 5.32 Å². The fourth-order valence-corrected chi connectivity index (χ4v) is 4.51. The van der Waals surface area contributed by atoms with Crippen LogP contribution in [0.3, 0.4) is 0 Å². The second-order valence-electron chi connectivity index (χ2n) is 7.85. The minimum Gasteiger partial charge on any atom is -0.465 e. The van der Waals surface area contributed by atoms with E-state index in [-0.39, 0.29) is 11.9 Å². The highest BCUT2D eigenvalue weighted by Gasteiger charge is 2.34. The van der Waals surface area contributed by atoms with E-state index in [4.69, 9.17) is 5.11 Å². The number of hydrogen-bond donors (Lipinski definition) is 2. The van der Waals surface area contributed by atoms with Crippen LogP contribution in [0.2, 0.25) is 0 Å². The van der Waals surface area contributed by atoms with E-state index in [1.54, 1.807) is 0 Å². The van der Waals surface area contributed by atoms with E-state index in [1.807, 2.05) is 31.2 Å². The lowest BCUT2D eigenvalue weighted by Crippen LogP contribution is -2.56. The van der Waals surface area contributed by atoms with Crippen molar-refractivity contribution in [2.75, 3.05) is 26.2 Å². The highest BCUT2D eigenvalue weighted by molar-refractivity contribution is 5.95. The molecular formula is C21H31N3O3. The molecule has 2 aliphatic heterocycles. The van der Waals surface area contributed by atoms with Gasteiger partial charge in [-0.2, -0.15) is 0 Å². The second-order valence-corrected chi connectivity index (χ2v) is 7.85. The molecule has 0 aliphatic carbocycles. The maximum atomic E-state index is 12.8. The highest BCUT2D eigenvalue weighted by Crippen LogP contribution is 2.26. The molecule has 0 radical (unpaired) electrons. The van der Waals surface area contributed by atoms with Gasteiger partial charge in [-0.25, -0.2) is 4.79 Å². The molecule has 6 nitrogen and oxygen atoms in total. The number of amides is 2. The molecule has 2 atom stereocenters. The van der Waals surface area contributed by atoms with Gasteiger partial charge in [0.05, 0.1) is 0 Å². The Bertz CT molecular complexity index is 670. The molecule has 0 aromatic heterocycles. The zero-order valence-corrected chi connectivity index (χ0v) is 16.4. The van der Waals surface area contributed by atoms with Gasteiger partial charge in [-0.15, -0.1) is 0 Å². The van der Waals surface area contributed by atoms with Crippen LogP contribution in [-0.2, 0) is 0 Å². The molecule has 3 rings (SSSR count). The van der Waals surface area contributed by atoms with Crippen LogP contribution >= 0.6 is 0 Å². The molecule has 0 spiro atoms. The monoisotopic (exact) mass is 373 g/mol. The van der Waals surface area contributed by atoms with Gasteiger partial charge >= 0.3 is 6.09 Å². The summed E-state index contributed by atoms with van der Waals surface area (Å²) in [5.74, 6) is 0.507. The minimum absolute atomic E-state index is 0.0131. The Balaban J connectivity index is 1.62. The first kappa shape index (κ1) is 19.7. The Morgan fingerprint density at radius 2 is 1.85 bits per heavy atom. The van der Waals surface area contributed by atoms with Crippen molar-refractivity contribution in [3.8, 4) is 0 Å². The molecule has 2 N–H and O–H groups in total. The largest absolute Gasteiger partial charge is 0.465 e. The zero-order valence-electron chi connectivity index (χ0n) is 16.4. The van der Waals surface area contributed by atoms with Gasteiger partial charge in [0, 0.05) is 37.3 Å². The third-order valence-corrected chi connectivity index (χ3v) is 6.27. The van der Waals surface area contributed by atoms with E-state index in [0.29, 0.717) is 25.0 Å². The average Bonchev–Trinajstić information content (AvgIpc) is 2.68. The molecule has 0 bridgehead atoms. The van der Waals surface area contributed by atoms with Crippen LogP contribution in [0.25, 0.3) is 0 Å². The topological polar surface area (TPSA) is 72.9 Å². The Labute approximate surface area is 161 Å². The van der Waals surface area contributed by atoms with E-state index in [0.717, 1.165) is 49.9 Å². The molecule has 6 heteroatoms. The lowest BCUT2D eigenvalue weighted by molar-refractivity contribution is 0.0534. The number of aryl methyl sites for hydroxylation is 1. The van der Waals surface area contributed by atoms with Crippen LogP contribution in [0.1, 0.15) is 48.5 Å². The van der Waals surface area contributed by atoms with E-state index >= 15 is 0 Å². The van der Waals surface area contributed by atoms with E-state index in [2.05, 4.69) is 17.1 Å². The Kier molecular flexibility index (Phi) is 6.37. The van der Waals surface area contributed by atoms with Crippen molar-refractivity contribution in [3.63, 3.8) is 0 Å². The maximum absolute atomic E-state index is 12.8. The molecule has 2 fully saturated rings. The number of rotatable bonds is 4. The normalized spacial score (nSPS) is 24.6. The first-order valence-electron chi connectivity index (χ1n) is 10.1. The summed E-state index contributed by atoms with van der Waals surface area (Å²) in [4.78, 5) is 27.9. The highest BCUT2D eigenvalue weighted by atomic mass is 16.4. The van der Waals surface area contributed by atoms with Gasteiger partial charge in [-0.3, -0.25) is 9.69 Å². The van der Waals surface area contributed by atoms with Crippen LogP contribution in [0.5, 0.6) is 0 Å². The van der Waals surface area contributed by atoms with Gasteiger partial charge in [0.1, 0.15) is 0 Å². The van der Waals surface area contributed by atoms with Crippen molar-refractivity contribution in [1.82, 2.24) is 15.1 Å². The fourth-order valence-electron chi connectivity index (χ4n) is 4.51. The van der Waals surface area contributed by atoms with E-state index < -0.39 is 6.09 Å². The number of carboxylic acid groups (broad SMARTS) is 1. The summed E-state index contributed by atoms with van der Waals surface area (Å²) < 4.78 is 0. The molecule has 0 saturated carbocycles. The Hall–Kier alpha value is -2.08. The summed E-state index contributed by atoms with van der Waals surface area (Å²) in [5, 5.41) is 12.4. The molecule has 2 heterocycles. The summed E-state index contributed by atoms with van der Waals surface area (Å²) in [6.45, 7) is 7.26. The van der Waals surface area contributed by atoms with Crippen molar-refractivity contribution in [2.24, 2.45) is 5.92 Å². The smallest absolute Gasteiger partial charge is 0.407 e. The zero-order chi connectivity index (χ0) is 19.4. The van der Waals surface area contributed by atoms with Gasteiger partial charge in [-0.05, 0) is 50.3 Å². The number of hydrogen-bond acceptors (Lipinski definition) is 3. The number of piperidine rings is 2. The number of likely N-dealkylation sites (tertiary alicyclic amines) is 2. The molecule has 1 aromatic rings. The quantitative estimate of drug-likeness (QED) is 0.851. The van der Waals surface area contributed by atoms with Gasteiger partial charge in [0.15, 0.2) is 0 Å². The summed E-state index contributed by atoms with van der Waals surface area (Å²) in [6, 6.07) is 8.27. The van der Waals surface area contributed by atoms with E-state index in [9.17, 15) is 9.59 Å². The first-order valence-corrected chi connectivity index (χ1v) is 10.1. The third kappa shape index (κ3) is 4.61. The number of benzene rings is 1. The summed E-state index contributed by atoms with van der Waals surface area (Å²) >= 11 is 0. The Morgan fingerprint density at radius 3 is 2.48 bits per heavy atom. The first-order chi connectivity index (χ1) is 13.0. The van der Waals surface area contributed by atoms with Gasteiger partial charge < -0.3 is 15.3 Å². The van der Waals surface area contributed by atoms with Crippen molar-refractivity contribution < 1.29 is 14.7 Å². The number of nitrogens with zero attached hydrogens (tertiary/aromatic N) is 2. The predicted octanol–water partition coefficient (Wildman–Crippen LogP) is 2.97. The maximum Gasteiger partial charge on any atom is 0.407 e. The molecular weight excluding hydrogens is 342 g/mol. The van der Waals surface area contributed by atoms with Crippen LogP contribution in [0.4, 0.5) is 4.79 Å². The summed E-state index contributed by atoms with van der Waals surface area (Å²) in [6.07, 6.45) is 3.07. The minimum atomic E-state index is -0.818. The van der Waals surface area contributed by atoms with Crippen molar-refractivity contribution in [1.29, 1.82) is 0 Å². The van der Waals surface area contributed by atoms with Crippen LogP contribution in [0.15, 0.2) is 24.3 Å². The SMILES string of the molecule is CC[C@@H]1CCN(C2CCN(C(=O)O)CC2)CC1NC(=O)c1ccccc1C. The third-order valence-electron chi connectivity index (χ3n) is 6.27. The van der Waals surface area contributed by atoms with Crippen molar-refractivity contribution >= 4 is 12.0 Å². The Morgan fingerprint density at radius 1 is 1.15 bits per heavy atom. The molecule has 2 amide bonds. The number of carbonyl (C=O) groups is 2. The standard InChI is InChI=1S/C21H31N3O3/c1-3-16-8-11-24(17-9-12-23(13-10-17)21(26)27)14-19(16)22-20(25)18-7-5-4-6-15(18)2/h4-7,16-17,19H,3,8-14H2,1-2H3,(H,22,25)(H,26,27)/t16-,19?/m1/s1. The van der Waals surface area contributed by atoms with Gasteiger partial charge in [0.25, 0.3) is 5.91 Å². The van der Waals surface area contributed by atoms with Crippen molar-refractivity contribution in [3.05, 3.63) is 35.4 Å².